The second-order valence-electron chi connectivity index (χ2n) is 4.43. The van der Waals surface area contributed by atoms with Crippen molar-refractivity contribution in [3.8, 4) is 0 Å². The van der Waals surface area contributed by atoms with E-state index >= 15 is 0 Å². The van der Waals surface area contributed by atoms with Crippen molar-refractivity contribution in [2.24, 2.45) is 5.73 Å². The zero-order valence-electron chi connectivity index (χ0n) is 10.9. The van der Waals surface area contributed by atoms with Crippen LogP contribution in [0.3, 0.4) is 0 Å². The van der Waals surface area contributed by atoms with Crippen LogP contribution in [0.25, 0.3) is 0 Å². The van der Waals surface area contributed by atoms with Gasteiger partial charge in [0.25, 0.3) is 0 Å². The number of pyridine rings is 1. The predicted octanol–water partition coefficient (Wildman–Crippen LogP) is 2.03. The number of nitrogens with zero attached hydrogens (tertiary/aromatic N) is 1. The van der Waals surface area contributed by atoms with Crippen molar-refractivity contribution in [3.05, 3.63) is 59.4 Å². The second kappa shape index (κ2) is 6.11. The van der Waals surface area contributed by atoms with Crippen LogP contribution in [0.2, 0.25) is 0 Å². The summed E-state index contributed by atoms with van der Waals surface area (Å²) in [6.07, 6.45) is 2.00. The van der Waals surface area contributed by atoms with Crippen LogP contribution in [-0.4, -0.2) is 10.9 Å². The molecule has 0 aliphatic heterocycles. The Morgan fingerprint density at radius 3 is 2.42 bits per heavy atom. The molecule has 0 saturated carbocycles. The molecule has 1 aromatic carbocycles. The first-order valence-corrected chi connectivity index (χ1v) is 6.18. The van der Waals surface area contributed by atoms with Gasteiger partial charge in [0.05, 0.1) is 18.3 Å². The lowest BCUT2D eigenvalue weighted by molar-refractivity contribution is -0.115. The van der Waals surface area contributed by atoms with Crippen LogP contribution in [0.1, 0.15) is 16.8 Å². The number of nitrogens with one attached hydrogen (secondary N) is 1. The van der Waals surface area contributed by atoms with Crippen molar-refractivity contribution < 1.29 is 4.79 Å². The lowest BCUT2D eigenvalue weighted by Crippen LogP contribution is -2.14. The van der Waals surface area contributed by atoms with Gasteiger partial charge >= 0.3 is 0 Å². The zero-order chi connectivity index (χ0) is 13.7. The van der Waals surface area contributed by atoms with Gasteiger partial charge in [-0.15, -0.1) is 0 Å². The molecule has 4 heteroatoms. The number of benzene rings is 1. The normalized spacial score (nSPS) is 10.2. The van der Waals surface area contributed by atoms with E-state index < -0.39 is 0 Å². The first kappa shape index (κ1) is 13.2. The molecule has 0 unspecified atom stereocenters. The maximum absolute atomic E-state index is 11.9. The topological polar surface area (TPSA) is 68.0 Å². The molecule has 4 nitrogen and oxygen atoms in total. The molecule has 19 heavy (non-hydrogen) atoms. The first-order valence-electron chi connectivity index (χ1n) is 6.18. The number of nitrogens with two attached hydrogens (primary N) is 1. The number of hydrogen-bond acceptors (Lipinski definition) is 3. The number of aromatic nitrogens is 1. The summed E-state index contributed by atoms with van der Waals surface area (Å²) in [5.41, 5.74) is 9.20. The van der Waals surface area contributed by atoms with Gasteiger partial charge in [0.2, 0.25) is 5.91 Å². The lowest BCUT2D eigenvalue weighted by Gasteiger charge is -2.06. The fourth-order valence-electron chi connectivity index (χ4n) is 1.73. The number of hydrogen-bond donors (Lipinski definition) is 2. The standard InChI is InChI=1S/C15H17N3O/c1-11-2-7-14(10-17-11)18-15(19)8-12-3-5-13(9-16)6-4-12/h2-7,10H,8-9,16H2,1H3,(H,18,19). The van der Waals surface area contributed by atoms with Gasteiger partial charge in [-0.1, -0.05) is 24.3 Å². The highest BCUT2D eigenvalue weighted by Crippen LogP contribution is 2.08. The van der Waals surface area contributed by atoms with Gasteiger partial charge in [-0.3, -0.25) is 9.78 Å². The lowest BCUT2D eigenvalue weighted by atomic mass is 10.1. The SMILES string of the molecule is Cc1ccc(NC(=O)Cc2ccc(CN)cc2)cn1. The third kappa shape index (κ3) is 3.89. The monoisotopic (exact) mass is 255 g/mol. The molecule has 1 heterocycles. The summed E-state index contributed by atoms with van der Waals surface area (Å²) >= 11 is 0. The molecule has 0 radical (unpaired) electrons. The van der Waals surface area contributed by atoms with Gasteiger partial charge < -0.3 is 11.1 Å². The summed E-state index contributed by atoms with van der Waals surface area (Å²) in [5.74, 6) is -0.0499. The number of aryl methyl sites for hydroxylation is 1. The van der Waals surface area contributed by atoms with E-state index in [0.717, 1.165) is 16.8 Å². The summed E-state index contributed by atoms with van der Waals surface area (Å²) in [5, 5.41) is 2.82. The fourth-order valence-corrected chi connectivity index (χ4v) is 1.73. The third-order valence-corrected chi connectivity index (χ3v) is 2.82. The molecule has 0 bridgehead atoms. The molecule has 0 aliphatic carbocycles. The smallest absolute Gasteiger partial charge is 0.228 e. The van der Waals surface area contributed by atoms with E-state index in [1.54, 1.807) is 6.20 Å². The van der Waals surface area contributed by atoms with Crippen molar-refractivity contribution in [1.29, 1.82) is 0 Å². The van der Waals surface area contributed by atoms with E-state index in [2.05, 4.69) is 10.3 Å². The average Bonchev–Trinajstić information content (AvgIpc) is 2.42. The Bertz CT molecular complexity index is 547. The van der Waals surface area contributed by atoms with E-state index in [1.807, 2.05) is 43.3 Å². The van der Waals surface area contributed by atoms with Gasteiger partial charge in [-0.25, -0.2) is 0 Å². The molecule has 1 aromatic heterocycles. The maximum atomic E-state index is 11.9. The van der Waals surface area contributed by atoms with Crippen LogP contribution < -0.4 is 11.1 Å². The fraction of sp³-hybridized carbons (Fsp3) is 0.200. The summed E-state index contributed by atoms with van der Waals surface area (Å²) < 4.78 is 0. The molecule has 0 fully saturated rings. The molecule has 0 spiro atoms. The second-order valence-corrected chi connectivity index (χ2v) is 4.43. The summed E-state index contributed by atoms with van der Waals surface area (Å²) in [4.78, 5) is 16.0. The molecule has 2 rings (SSSR count). The molecule has 0 saturated heterocycles. The van der Waals surface area contributed by atoms with Gasteiger partial charge in [0.1, 0.15) is 0 Å². The molecular formula is C15H17N3O. The Balaban J connectivity index is 1.95. The summed E-state index contributed by atoms with van der Waals surface area (Å²) in [7, 11) is 0. The minimum Gasteiger partial charge on any atom is -0.326 e. The quantitative estimate of drug-likeness (QED) is 0.878. The number of anilines is 1. The Labute approximate surface area is 112 Å². The van der Waals surface area contributed by atoms with E-state index in [0.29, 0.717) is 18.7 Å². The van der Waals surface area contributed by atoms with Crippen molar-refractivity contribution in [1.82, 2.24) is 4.98 Å². The van der Waals surface area contributed by atoms with Crippen molar-refractivity contribution >= 4 is 11.6 Å². The van der Waals surface area contributed by atoms with Crippen molar-refractivity contribution in [2.75, 3.05) is 5.32 Å². The Hall–Kier alpha value is -2.20. The van der Waals surface area contributed by atoms with Crippen molar-refractivity contribution in [3.63, 3.8) is 0 Å². The van der Waals surface area contributed by atoms with Gasteiger partial charge in [0.15, 0.2) is 0 Å². The Morgan fingerprint density at radius 1 is 1.16 bits per heavy atom. The number of amides is 1. The van der Waals surface area contributed by atoms with E-state index in [-0.39, 0.29) is 5.91 Å². The maximum Gasteiger partial charge on any atom is 0.228 e. The van der Waals surface area contributed by atoms with Crippen LogP contribution in [-0.2, 0) is 17.8 Å². The predicted molar refractivity (Wildman–Crippen MR) is 75.6 cm³/mol. The minimum atomic E-state index is -0.0499. The van der Waals surface area contributed by atoms with E-state index in [4.69, 9.17) is 5.73 Å². The van der Waals surface area contributed by atoms with Gasteiger partial charge in [-0.05, 0) is 30.2 Å². The largest absolute Gasteiger partial charge is 0.326 e. The van der Waals surface area contributed by atoms with Crippen LogP contribution in [0.4, 0.5) is 5.69 Å². The zero-order valence-corrected chi connectivity index (χ0v) is 10.9. The molecule has 3 N–H and O–H groups in total. The van der Waals surface area contributed by atoms with E-state index in [1.165, 1.54) is 0 Å². The molecule has 1 amide bonds. The van der Waals surface area contributed by atoms with Crippen LogP contribution in [0, 0.1) is 6.92 Å². The molecule has 2 aromatic rings. The summed E-state index contributed by atoms with van der Waals surface area (Å²) in [6, 6.07) is 11.4. The number of carbonyl (C=O) groups excluding carboxylic acids is 1. The first-order chi connectivity index (χ1) is 9.17. The van der Waals surface area contributed by atoms with E-state index in [9.17, 15) is 4.79 Å². The Kier molecular flexibility index (Phi) is 4.26. The minimum absolute atomic E-state index is 0.0499. The van der Waals surface area contributed by atoms with Gasteiger partial charge in [-0.2, -0.15) is 0 Å². The van der Waals surface area contributed by atoms with Crippen LogP contribution in [0.15, 0.2) is 42.6 Å². The van der Waals surface area contributed by atoms with Crippen LogP contribution >= 0.6 is 0 Å². The molecule has 0 atom stereocenters. The molecule has 98 valence electrons. The number of rotatable bonds is 4. The van der Waals surface area contributed by atoms with Crippen LogP contribution in [0.5, 0.6) is 0 Å². The summed E-state index contributed by atoms with van der Waals surface area (Å²) in [6.45, 7) is 2.42. The van der Waals surface area contributed by atoms with Gasteiger partial charge in [0, 0.05) is 12.2 Å². The average molecular weight is 255 g/mol. The highest BCUT2D eigenvalue weighted by Gasteiger charge is 2.04. The highest BCUT2D eigenvalue weighted by molar-refractivity contribution is 5.92. The number of carbonyl (C=O) groups is 1. The molecule has 0 aliphatic rings. The Morgan fingerprint density at radius 2 is 1.84 bits per heavy atom. The molecular weight excluding hydrogens is 238 g/mol. The van der Waals surface area contributed by atoms with Crippen molar-refractivity contribution in [2.45, 2.75) is 19.9 Å². The highest BCUT2D eigenvalue weighted by atomic mass is 16.1. The third-order valence-electron chi connectivity index (χ3n) is 2.82.